The van der Waals surface area contributed by atoms with Crippen LogP contribution in [0.5, 0.6) is 0 Å². The van der Waals surface area contributed by atoms with Crippen LogP contribution in [0.25, 0.3) is 0 Å². The van der Waals surface area contributed by atoms with Gasteiger partial charge in [-0.2, -0.15) is 0 Å². The summed E-state index contributed by atoms with van der Waals surface area (Å²) in [5.74, 6) is 4.65. The second-order valence-electron chi connectivity index (χ2n) is 2.31. The predicted octanol–water partition coefficient (Wildman–Crippen LogP) is 1.15. The molecular formula is C9H9NO2S. The van der Waals surface area contributed by atoms with Gasteiger partial charge in [0.15, 0.2) is 0 Å². The van der Waals surface area contributed by atoms with Crippen LogP contribution in [0, 0.1) is 11.8 Å². The molecule has 0 fully saturated rings. The molecule has 1 rings (SSSR count). The lowest BCUT2D eigenvalue weighted by atomic mass is 10.2. The van der Waals surface area contributed by atoms with Crippen LogP contribution in [0.2, 0.25) is 0 Å². The number of thiophene rings is 1. The van der Waals surface area contributed by atoms with Gasteiger partial charge in [0.05, 0.1) is 0 Å². The largest absolute Gasteiger partial charge is 0.477 e. The Labute approximate surface area is 80.2 Å². The lowest BCUT2D eigenvalue weighted by Gasteiger charge is -1.87. The Hall–Kier alpha value is -1.31. The summed E-state index contributed by atoms with van der Waals surface area (Å²) in [4.78, 5) is 10.9. The minimum Gasteiger partial charge on any atom is -0.477 e. The molecule has 4 heteroatoms. The van der Waals surface area contributed by atoms with E-state index in [0.717, 1.165) is 0 Å². The maximum Gasteiger partial charge on any atom is 0.347 e. The molecule has 0 aliphatic rings. The molecule has 0 aromatic carbocycles. The summed E-state index contributed by atoms with van der Waals surface area (Å²) < 4.78 is 0. The zero-order valence-corrected chi connectivity index (χ0v) is 7.73. The van der Waals surface area contributed by atoms with Gasteiger partial charge in [-0.15, -0.1) is 11.3 Å². The van der Waals surface area contributed by atoms with Crippen LogP contribution in [-0.4, -0.2) is 17.6 Å². The molecule has 68 valence electrons. The van der Waals surface area contributed by atoms with E-state index in [0.29, 0.717) is 23.4 Å². The Morgan fingerprint density at radius 2 is 2.46 bits per heavy atom. The summed E-state index contributed by atoms with van der Waals surface area (Å²) in [5, 5.41) is 10.4. The highest BCUT2D eigenvalue weighted by molar-refractivity contribution is 7.12. The standard InChI is InChI=1S/C9H9NO2S/c10-5-2-1-3-7-4-6-13-8(7)9(11)12/h4,6H,2,5,10H2,(H,11,12). The Kier molecular flexibility index (Phi) is 3.50. The number of carboxylic acid groups (broad SMARTS) is 1. The molecule has 1 aromatic heterocycles. The normalized spacial score (nSPS) is 9.00. The van der Waals surface area contributed by atoms with E-state index in [1.807, 2.05) is 0 Å². The summed E-state index contributed by atoms with van der Waals surface area (Å²) in [6.45, 7) is 0.500. The summed E-state index contributed by atoms with van der Waals surface area (Å²) in [6.07, 6.45) is 0.592. The van der Waals surface area contributed by atoms with Crippen LogP contribution in [0.1, 0.15) is 21.7 Å². The number of rotatable bonds is 2. The third kappa shape index (κ3) is 2.58. The van der Waals surface area contributed by atoms with Crippen molar-refractivity contribution in [2.24, 2.45) is 5.73 Å². The molecule has 0 unspecified atom stereocenters. The second-order valence-corrected chi connectivity index (χ2v) is 3.23. The van der Waals surface area contributed by atoms with Gasteiger partial charge in [-0.25, -0.2) is 4.79 Å². The SMILES string of the molecule is NCCC#Cc1ccsc1C(=O)O. The van der Waals surface area contributed by atoms with Crippen LogP contribution >= 0.6 is 11.3 Å². The van der Waals surface area contributed by atoms with Crippen LogP contribution < -0.4 is 5.73 Å². The zero-order valence-electron chi connectivity index (χ0n) is 6.91. The molecular weight excluding hydrogens is 186 g/mol. The van der Waals surface area contributed by atoms with Gasteiger partial charge in [0.1, 0.15) is 4.88 Å². The van der Waals surface area contributed by atoms with Gasteiger partial charge < -0.3 is 10.8 Å². The first-order chi connectivity index (χ1) is 6.25. The van der Waals surface area contributed by atoms with Gasteiger partial charge in [-0.1, -0.05) is 11.8 Å². The average molecular weight is 195 g/mol. The van der Waals surface area contributed by atoms with E-state index >= 15 is 0 Å². The van der Waals surface area contributed by atoms with Crippen molar-refractivity contribution in [3.8, 4) is 11.8 Å². The number of hydrogen-bond acceptors (Lipinski definition) is 3. The van der Waals surface area contributed by atoms with E-state index in [2.05, 4.69) is 11.8 Å². The molecule has 0 amide bonds. The highest BCUT2D eigenvalue weighted by Gasteiger charge is 2.08. The van der Waals surface area contributed by atoms with Crippen molar-refractivity contribution in [3.05, 3.63) is 21.9 Å². The van der Waals surface area contributed by atoms with Crippen molar-refractivity contribution < 1.29 is 9.90 Å². The molecule has 13 heavy (non-hydrogen) atoms. The molecule has 0 bridgehead atoms. The van der Waals surface area contributed by atoms with Gasteiger partial charge >= 0.3 is 5.97 Å². The summed E-state index contributed by atoms with van der Waals surface area (Å²) >= 11 is 1.18. The van der Waals surface area contributed by atoms with E-state index < -0.39 is 5.97 Å². The Bertz CT molecular complexity index is 359. The van der Waals surface area contributed by atoms with Gasteiger partial charge in [0.25, 0.3) is 0 Å². The molecule has 1 heterocycles. The summed E-state index contributed by atoms with van der Waals surface area (Å²) in [7, 11) is 0. The van der Waals surface area contributed by atoms with Gasteiger partial charge in [0, 0.05) is 18.5 Å². The molecule has 3 nitrogen and oxygen atoms in total. The average Bonchev–Trinajstić information content (AvgIpc) is 2.53. The number of carbonyl (C=O) groups is 1. The van der Waals surface area contributed by atoms with E-state index in [-0.39, 0.29) is 0 Å². The molecule has 0 atom stereocenters. The lowest BCUT2D eigenvalue weighted by molar-refractivity contribution is 0.0702. The molecule has 3 N–H and O–H groups in total. The fraction of sp³-hybridized carbons (Fsp3) is 0.222. The fourth-order valence-electron chi connectivity index (χ4n) is 0.803. The summed E-state index contributed by atoms with van der Waals surface area (Å²) in [6, 6.07) is 1.71. The van der Waals surface area contributed by atoms with Crippen molar-refractivity contribution in [3.63, 3.8) is 0 Å². The quantitative estimate of drug-likeness (QED) is 0.696. The smallest absolute Gasteiger partial charge is 0.347 e. The number of aromatic carboxylic acids is 1. The molecule has 1 aromatic rings. The minimum atomic E-state index is -0.924. The molecule has 0 saturated carbocycles. The Balaban J connectivity index is 2.84. The van der Waals surface area contributed by atoms with Gasteiger partial charge in [0.2, 0.25) is 0 Å². The Morgan fingerprint density at radius 3 is 3.08 bits per heavy atom. The van der Waals surface area contributed by atoms with Crippen molar-refractivity contribution in [2.45, 2.75) is 6.42 Å². The van der Waals surface area contributed by atoms with Crippen LogP contribution in [0.4, 0.5) is 0 Å². The highest BCUT2D eigenvalue weighted by atomic mass is 32.1. The van der Waals surface area contributed by atoms with E-state index in [1.165, 1.54) is 11.3 Å². The first kappa shape index (κ1) is 9.78. The van der Waals surface area contributed by atoms with Crippen molar-refractivity contribution in [2.75, 3.05) is 6.54 Å². The van der Waals surface area contributed by atoms with Gasteiger partial charge in [-0.05, 0) is 11.4 Å². The van der Waals surface area contributed by atoms with Crippen LogP contribution in [0.15, 0.2) is 11.4 Å². The molecule has 0 radical (unpaired) electrons. The number of carboxylic acids is 1. The maximum absolute atomic E-state index is 10.6. The third-order valence-corrected chi connectivity index (χ3v) is 2.25. The first-order valence-electron chi connectivity index (χ1n) is 3.75. The molecule has 0 spiro atoms. The molecule has 0 aliphatic heterocycles. The van der Waals surface area contributed by atoms with E-state index in [9.17, 15) is 4.79 Å². The monoisotopic (exact) mass is 195 g/mol. The zero-order chi connectivity index (χ0) is 9.68. The first-order valence-corrected chi connectivity index (χ1v) is 4.63. The Morgan fingerprint density at radius 1 is 1.69 bits per heavy atom. The van der Waals surface area contributed by atoms with E-state index in [1.54, 1.807) is 11.4 Å². The molecule has 0 saturated heterocycles. The number of nitrogens with two attached hydrogens (primary N) is 1. The van der Waals surface area contributed by atoms with Crippen LogP contribution in [0.3, 0.4) is 0 Å². The topological polar surface area (TPSA) is 63.3 Å². The van der Waals surface area contributed by atoms with Crippen molar-refractivity contribution in [1.82, 2.24) is 0 Å². The van der Waals surface area contributed by atoms with Crippen molar-refractivity contribution in [1.29, 1.82) is 0 Å². The van der Waals surface area contributed by atoms with Gasteiger partial charge in [-0.3, -0.25) is 0 Å². The second kappa shape index (κ2) is 4.65. The lowest BCUT2D eigenvalue weighted by Crippen LogP contribution is -1.96. The van der Waals surface area contributed by atoms with E-state index in [4.69, 9.17) is 10.8 Å². The summed E-state index contributed by atoms with van der Waals surface area (Å²) in [5.41, 5.74) is 5.82. The predicted molar refractivity (Wildman–Crippen MR) is 51.8 cm³/mol. The molecule has 0 aliphatic carbocycles. The number of hydrogen-bond donors (Lipinski definition) is 2. The maximum atomic E-state index is 10.6. The third-order valence-electron chi connectivity index (χ3n) is 1.35. The van der Waals surface area contributed by atoms with Crippen LogP contribution in [-0.2, 0) is 0 Å². The fourth-order valence-corrected chi connectivity index (χ4v) is 1.49. The highest BCUT2D eigenvalue weighted by Crippen LogP contribution is 2.15. The van der Waals surface area contributed by atoms with Crippen molar-refractivity contribution >= 4 is 17.3 Å². The minimum absolute atomic E-state index is 0.296.